The van der Waals surface area contributed by atoms with Gasteiger partial charge in [0.05, 0.1) is 0 Å². The molecule has 0 N–H and O–H groups in total. The van der Waals surface area contributed by atoms with Gasteiger partial charge in [-0.05, 0) is 31.0 Å². The first kappa shape index (κ1) is 16.5. The molecule has 2 rings (SSSR count). The summed E-state index contributed by atoms with van der Waals surface area (Å²) in [6, 6.07) is 9.07. The zero-order valence-corrected chi connectivity index (χ0v) is 15.9. The number of hydrogen-bond acceptors (Lipinski definition) is 2. The minimum Gasteiger partial charge on any atom is -0.143 e. The quantitative estimate of drug-likeness (QED) is 0.347. The average molecular weight is 333 g/mol. The van der Waals surface area contributed by atoms with Crippen LogP contribution in [0.15, 0.2) is 24.3 Å². The molecule has 0 spiro atoms. The molecule has 0 fully saturated rings. The molecule has 0 unspecified atom stereocenters. The highest BCUT2D eigenvalue weighted by molar-refractivity contribution is 7.32. The predicted molar refractivity (Wildman–Crippen MR) is 101 cm³/mol. The van der Waals surface area contributed by atoms with Crippen molar-refractivity contribution in [3.8, 4) is 21.7 Å². The van der Waals surface area contributed by atoms with Crippen molar-refractivity contribution in [2.75, 3.05) is 0 Å². The molecule has 0 aliphatic carbocycles. The maximum atomic E-state index is 5.69. The Balaban J connectivity index is 2.03. The summed E-state index contributed by atoms with van der Waals surface area (Å²) in [6.07, 6.45) is 12.3. The van der Waals surface area contributed by atoms with Crippen molar-refractivity contribution < 1.29 is 0 Å². The van der Waals surface area contributed by atoms with Crippen LogP contribution in [-0.2, 0) is 6.42 Å². The van der Waals surface area contributed by atoms with Crippen molar-refractivity contribution in [1.82, 2.24) is 0 Å². The van der Waals surface area contributed by atoms with Crippen molar-refractivity contribution in [2.45, 2.75) is 52.1 Å². The molecular weight excluding hydrogens is 308 g/mol. The zero-order chi connectivity index (χ0) is 15.3. The number of terminal acetylenes is 1. The smallest absolute Gasteiger partial charge is 0.143 e. The lowest BCUT2D eigenvalue weighted by atomic mass is 10.1. The summed E-state index contributed by atoms with van der Waals surface area (Å²) in [5, 5.41) is 0. The molecule has 112 valence electrons. The summed E-state index contributed by atoms with van der Waals surface area (Å²) in [6.45, 7) is 6.75. The SMILES string of the molecule is C#C[Si](C)(C)c1ccc(-c2ccc(CCCCCC)s2)s1. The summed E-state index contributed by atoms with van der Waals surface area (Å²) in [5.41, 5.74) is 3.02. The van der Waals surface area contributed by atoms with Crippen molar-refractivity contribution in [3.63, 3.8) is 0 Å². The average Bonchev–Trinajstić information content (AvgIpc) is 3.12. The summed E-state index contributed by atoms with van der Waals surface area (Å²) < 4.78 is 1.41. The maximum Gasteiger partial charge on any atom is 0.173 e. The summed E-state index contributed by atoms with van der Waals surface area (Å²) in [4.78, 5) is 4.30. The predicted octanol–water partition coefficient (Wildman–Crippen LogP) is 5.69. The van der Waals surface area contributed by atoms with Crippen LogP contribution in [0, 0.1) is 12.0 Å². The molecule has 0 bridgehead atoms. The lowest BCUT2D eigenvalue weighted by Crippen LogP contribution is -2.37. The van der Waals surface area contributed by atoms with E-state index in [9.17, 15) is 0 Å². The minimum absolute atomic E-state index is 1.23. The van der Waals surface area contributed by atoms with Crippen LogP contribution in [0.25, 0.3) is 9.75 Å². The number of rotatable bonds is 7. The van der Waals surface area contributed by atoms with Crippen LogP contribution in [0.5, 0.6) is 0 Å². The molecule has 21 heavy (non-hydrogen) atoms. The molecule has 0 amide bonds. The molecule has 0 aliphatic rings. The van der Waals surface area contributed by atoms with Gasteiger partial charge in [0.1, 0.15) is 0 Å². The van der Waals surface area contributed by atoms with Crippen LogP contribution < -0.4 is 4.50 Å². The Morgan fingerprint density at radius 3 is 2.43 bits per heavy atom. The first-order valence-corrected chi connectivity index (χ1v) is 12.4. The fraction of sp³-hybridized carbons (Fsp3) is 0.444. The lowest BCUT2D eigenvalue weighted by Gasteiger charge is -2.10. The minimum atomic E-state index is -1.64. The largest absolute Gasteiger partial charge is 0.173 e. The highest BCUT2D eigenvalue weighted by atomic mass is 32.1. The molecule has 0 nitrogen and oxygen atoms in total. The molecule has 0 atom stereocenters. The van der Waals surface area contributed by atoms with Crippen LogP contribution in [0.4, 0.5) is 0 Å². The summed E-state index contributed by atoms with van der Waals surface area (Å²) in [5.74, 6) is 0. The van der Waals surface area contributed by atoms with E-state index in [1.54, 1.807) is 0 Å². The molecule has 3 heteroatoms. The second kappa shape index (κ2) is 7.44. The highest BCUT2D eigenvalue weighted by Crippen LogP contribution is 2.32. The maximum absolute atomic E-state index is 5.69. The van der Waals surface area contributed by atoms with E-state index in [0.29, 0.717) is 0 Å². The Labute approximate surface area is 138 Å². The van der Waals surface area contributed by atoms with E-state index in [-0.39, 0.29) is 0 Å². The van der Waals surface area contributed by atoms with E-state index in [0.717, 1.165) is 0 Å². The Morgan fingerprint density at radius 1 is 1.00 bits per heavy atom. The third kappa shape index (κ3) is 4.32. The van der Waals surface area contributed by atoms with Gasteiger partial charge in [-0.3, -0.25) is 0 Å². The molecule has 2 heterocycles. The number of thiophene rings is 2. The standard InChI is InChI=1S/C18H24S2Si/c1-5-7-8-9-10-15-11-12-16(19-15)17-13-14-18(20-17)21(3,4)6-2/h2,11-14H,5,7-10H2,1,3-4H3. The topological polar surface area (TPSA) is 0 Å². The molecule has 0 saturated heterocycles. The fourth-order valence-electron chi connectivity index (χ4n) is 2.25. The fourth-order valence-corrected chi connectivity index (χ4v) is 6.31. The van der Waals surface area contributed by atoms with Crippen LogP contribution in [-0.4, -0.2) is 8.07 Å². The van der Waals surface area contributed by atoms with Gasteiger partial charge in [0.15, 0.2) is 8.07 Å². The molecule has 0 aromatic carbocycles. The molecular formula is C18H24S2Si. The van der Waals surface area contributed by atoms with Gasteiger partial charge in [0.25, 0.3) is 0 Å². The number of hydrogen-bond donors (Lipinski definition) is 0. The summed E-state index contributed by atoms with van der Waals surface area (Å²) >= 11 is 3.84. The van der Waals surface area contributed by atoms with Gasteiger partial charge in [-0.15, -0.1) is 34.6 Å². The van der Waals surface area contributed by atoms with Gasteiger partial charge in [-0.25, -0.2) is 0 Å². The summed E-state index contributed by atoms with van der Waals surface area (Å²) in [7, 11) is -1.64. The van der Waals surface area contributed by atoms with Crippen molar-refractivity contribution in [3.05, 3.63) is 29.1 Å². The Kier molecular flexibility index (Phi) is 5.86. The zero-order valence-electron chi connectivity index (χ0n) is 13.2. The molecule has 0 saturated carbocycles. The molecule has 0 radical (unpaired) electrons. The first-order valence-electron chi connectivity index (χ1n) is 7.74. The van der Waals surface area contributed by atoms with E-state index >= 15 is 0 Å². The third-order valence-electron chi connectivity index (χ3n) is 3.76. The molecule has 0 aliphatic heterocycles. The Bertz CT molecular complexity index is 613. The highest BCUT2D eigenvalue weighted by Gasteiger charge is 2.23. The van der Waals surface area contributed by atoms with Crippen molar-refractivity contribution in [1.29, 1.82) is 0 Å². The normalized spacial score (nSPS) is 11.5. The second-order valence-corrected chi connectivity index (χ2v) is 12.7. The van der Waals surface area contributed by atoms with Crippen LogP contribution in [0.1, 0.15) is 37.5 Å². The van der Waals surface area contributed by atoms with Gasteiger partial charge >= 0.3 is 0 Å². The number of aryl methyl sites for hydroxylation is 1. The van der Waals surface area contributed by atoms with Gasteiger partial charge < -0.3 is 0 Å². The second-order valence-electron chi connectivity index (χ2n) is 6.01. The van der Waals surface area contributed by atoms with Crippen molar-refractivity contribution in [2.24, 2.45) is 0 Å². The third-order valence-corrected chi connectivity index (χ3v) is 9.96. The monoisotopic (exact) mass is 332 g/mol. The lowest BCUT2D eigenvalue weighted by molar-refractivity contribution is 0.670. The first-order chi connectivity index (χ1) is 10.1. The molecule has 2 aromatic heterocycles. The Morgan fingerprint density at radius 2 is 1.71 bits per heavy atom. The van der Waals surface area contributed by atoms with Crippen LogP contribution >= 0.6 is 22.7 Å². The van der Waals surface area contributed by atoms with E-state index < -0.39 is 8.07 Å². The van der Waals surface area contributed by atoms with E-state index in [2.05, 4.69) is 49.8 Å². The van der Waals surface area contributed by atoms with E-state index in [1.165, 1.54) is 51.2 Å². The van der Waals surface area contributed by atoms with Gasteiger partial charge in [0, 0.05) is 19.1 Å². The van der Waals surface area contributed by atoms with Gasteiger partial charge in [0.2, 0.25) is 0 Å². The van der Waals surface area contributed by atoms with E-state index in [4.69, 9.17) is 6.42 Å². The number of unbranched alkanes of at least 4 members (excludes halogenated alkanes) is 3. The van der Waals surface area contributed by atoms with Crippen LogP contribution in [0.3, 0.4) is 0 Å². The van der Waals surface area contributed by atoms with Gasteiger partial charge in [-0.1, -0.05) is 45.3 Å². The van der Waals surface area contributed by atoms with Gasteiger partial charge in [-0.2, -0.15) is 0 Å². The Hall–Kier alpha value is -0.823. The van der Waals surface area contributed by atoms with Crippen molar-refractivity contribution >= 4 is 35.2 Å². The van der Waals surface area contributed by atoms with Crippen LogP contribution in [0.2, 0.25) is 13.1 Å². The molecule has 2 aromatic rings. The van der Waals surface area contributed by atoms with E-state index in [1.807, 2.05) is 22.7 Å².